The Balaban J connectivity index is 1.57. The van der Waals surface area contributed by atoms with Crippen molar-refractivity contribution in [2.45, 2.75) is 43.9 Å². The predicted molar refractivity (Wildman–Crippen MR) is 110 cm³/mol. The van der Waals surface area contributed by atoms with Crippen molar-refractivity contribution >= 4 is 11.9 Å². The molecule has 2 heterocycles. The van der Waals surface area contributed by atoms with Crippen LogP contribution in [0.15, 0.2) is 48.5 Å². The summed E-state index contributed by atoms with van der Waals surface area (Å²) < 4.78 is 92.2. The Kier molecular flexibility index (Phi) is 6.81. The lowest BCUT2D eigenvalue weighted by Gasteiger charge is -2.47. The fourth-order valence-electron chi connectivity index (χ4n) is 4.72. The van der Waals surface area contributed by atoms with Gasteiger partial charge in [-0.1, -0.05) is 36.4 Å². The lowest BCUT2D eigenvalue weighted by Crippen LogP contribution is -2.60. The molecule has 35 heavy (non-hydrogen) atoms. The fourth-order valence-corrected chi connectivity index (χ4v) is 4.72. The molecule has 2 saturated heterocycles. The number of alkyl halides is 6. The van der Waals surface area contributed by atoms with Gasteiger partial charge in [0.05, 0.1) is 36.4 Å². The average molecular weight is 501 g/mol. The Labute approximate surface area is 196 Å². The molecule has 2 bridgehead atoms. The van der Waals surface area contributed by atoms with E-state index in [-0.39, 0.29) is 32.7 Å². The molecule has 2 aromatic rings. The summed E-state index contributed by atoms with van der Waals surface area (Å²) in [6, 6.07) is 9.03. The smallest absolute Gasteiger partial charge is 0.417 e. The van der Waals surface area contributed by atoms with E-state index >= 15 is 0 Å². The summed E-state index contributed by atoms with van der Waals surface area (Å²) in [5.41, 5.74) is -3.88. The molecule has 0 aliphatic carbocycles. The van der Waals surface area contributed by atoms with Crippen LogP contribution in [-0.4, -0.2) is 42.1 Å². The molecule has 0 N–H and O–H groups in total. The van der Waals surface area contributed by atoms with Gasteiger partial charge in [-0.25, -0.2) is 4.79 Å². The number of Topliss-reactive ketones (excluding diaryl/α,β-unsaturated/α-hetero) is 1. The summed E-state index contributed by atoms with van der Waals surface area (Å²) >= 11 is 0. The van der Waals surface area contributed by atoms with Crippen molar-refractivity contribution in [3.8, 4) is 0 Å². The number of halogens is 6. The number of nitrogens with zero attached hydrogens (tertiary/aromatic N) is 1. The van der Waals surface area contributed by atoms with Gasteiger partial charge in [-0.3, -0.25) is 9.69 Å². The number of ketones is 1. The van der Waals surface area contributed by atoms with Gasteiger partial charge in [0.1, 0.15) is 6.61 Å². The van der Waals surface area contributed by atoms with E-state index in [1.807, 2.05) is 0 Å². The van der Waals surface area contributed by atoms with Gasteiger partial charge >= 0.3 is 18.4 Å². The molecule has 4 rings (SSSR count). The number of piperidine rings is 1. The molecule has 2 atom stereocenters. The predicted octanol–water partition coefficient (Wildman–Crippen LogP) is 5.72. The number of carbonyl (C=O) groups excluding carboxylic acids is 2. The van der Waals surface area contributed by atoms with Crippen molar-refractivity contribution in [1.82, 2.24) is 4.90 Å². The van der Waals surface area contributed by atoms with Gasteiger partial charge in [-0.2, -0.15) is 26.3 Å². The molecule has 0 spiro atoms. The maximum atomic E-state index is 13.6. The van der Waals surface area contributed by atoms with E-state index in [4.69, 9.17) is 9.47 Å². The van der Waals surface area contributed by atoms with E-state index in [0.717, 1.165) is 5.56 Å². The number of hydrogen-bond donors (Lipinski definition) is 0. The summed E-state index contributed by atoms with van der Waals surface area (Å²) in [6.07, 6.45) is -11.2. The van der Waals surface area contributed by atoms with Crippen LogP contribution < -0.4 is 0 Å². The van der Waals surface area contributed by atoms with Crippen LogP contribution in [-0.2, 0) is 28.4 Å². The third-order valence-corrected chi connectivity index (χ3v) is 6.23. The zero-order valence-corrected chi connectivity index (χ0v) is 18.2. The van der Waals surface area contributed by atoms with Crippen LogP contribution in [0.1, 0.15) is 39.9 Å². The molecule has 2 aliphatic rings. The second-order valence-electron chi connectivity index (χ2n) is 8.55. The Morgan fingerprint density at radius 3 is 1.91 bits per heavy atom. The van der Waals surface area contributed by atoms with Crippen molar-refractivity contribution < 1.29 is 45.4 Å². The first-order valence-electron chi connectivity index (χ1n) is 10.8. The van der Waals surface area contributed by atoms with Crippen molar-refractivity contribution in [1.29, 1.82) is 0 Å². The number of rotatable bonds is 4. The minimum absolute atomic E-state index is 0.00619. The number of fused-ring (bicyclic) bond motifs is 2. The topological polar surface area (TPSA) is 55.8 Å². The number of hydrogen-bond acceptors (Lipinski definition) is 4. The van der Waals surface area contributed by atoms with Gasteiger partial charge in [0.2, 0.25) is 0 Å². The minimum Gasteiger partial charge on any atom is -0.445 e. The van der Waals surface area contributed by atoms with Crippen molar-refractivity contribution in [3.05, 3.63) is 70.8 Å². The first kappa shape index (κ1) is 25.0. The SMILES string of the molecule is O=C(c1c(C(F)(F)F)cccc1C(F)(F)F)C1CC2COCC(C1)N2C(=O)OCc1ccccc1. The number of morpholine rings is 1. The number of ether oxygens (including phenoxy) is 2. The molecule has 1 amide bonds. The molecule has 2 aliphatic heterocycles. The van der Waals surface area contributed by atoms with Crippen LogP contribution >= 0.6 is 0 Å². The average Bonchev–Trinajstić information content (AvgIpc) is 2.80. The maximum Gasteiger partial charge on any atom is 0.417 e. The van der Waals surface area contributed by atoms with Gasteiger partial charge < -0.3 is 9.47 Å². The van der Waals surface area contributed by atoms with Crippen LogP contribution in [0.5, 0.6) is 0 Å². The van der Waals surface area contributed by atoms with Crippen LogP contribution in [0.3, 0.4) is 0 Å². The summed E-state index contributed by atoms with van der Waals surface area (Å²) in [6.45, 7) is -0.0196. The van der Waals surface area contributed by atoms with E-state index < -0.39 is 58.9 Å². The van der Waals surface area contributed by atoms with E-state index in [9.17, 15) is 35.9 Å². The molecule has 2 aromatic carbocycles. The lowest BCUT2D eigenvalue weighted by atomic mass is 9.79. The highest BCUT2D eigenvalue weighted by Gasteiger charge is 2.48. The Bertz CT molecular complexity index is 1040. The summed E-state index contributed by atoms with van der Waals surface area (Å²) in [7, 11) is 0. The molecule has 2 fully saturated rings. The van der Waals surface area contributed by atoms with E-state index in [1.165, 1.54) is 4.90 Å². The van der Waals surface area contributed by atoms with E-state index in [0.29, 0.717) is 18.2 Å². The number of carbonyl (C=O) groups is 2. The van der Waals surface area contributed by atoms with Gasteiger partial charge in [-0.15, -0.1) is 0 Å². The molecule has 11 heteroatoms. The highest BCUT2D eigenvalue weighted by Crippen LogP contribution is 2.42. The van der Waals surface area contributed by atoms with Crippen LogP contribution in [0.2, 0.25) is 0 Å². The second kappa shape index (κ2) is 9.52. The Morgan fingerprint density at radius 2 is 1.40 bits per heavy atom. The summed E-state index contributed by atoms with van der Waals surface area (Å²) in [4.78, 5) is 27.3. The normalized spacial score (nSPS) is 22.6. The van der Waals surface area contributed by atoms with Crippen molar-refractivity contribution in [2.75, 3.05) is 13.2 Å². The van der Waals surface area contributed by atoms with Gasteiger partial charge in [0.25, 0.3) is 0 Å². The number of amides is 1. The fraction of sp³-hybridized carbons (Fsp3) is 0.417. The van der Waals surface area contributed by atoms with Crippen molar-refractivity contribution in [2.24, 2.45) is 5.92 Å². The monoisotopic (exact) mass is 501 g/mol. The van der Waals surface area contributed by atoms with Crippen molar-refractivity contribution in [3.63, 3.8) is 0 Å². The van der Waals surface area contributed by atoms with E-state index in [2.05, 4.69) is 0 Å². The Morgan fingerprint density at radius 1 is 0.857 bits per heavy atom. The molecule has 0 radical (unpaired) electrons. The Hall–Kier alpha value is -3.08. The largest absolute Gasteiger partial charge is 0.445 e. The molecular weight excluding hydrogens is 480 g/mol. The molecule has 0 saturated carbocycles. The molecule has 0 aromatic heterocycles. The zero-order valence-electron chi connectivity index (χ0n) is 18.2. The van der Waals surface area contributed by atoms with Gasteiger partial charge in [0, 0.05) is 11.5 Å². The highest BCUT2D eigenvalue weighted by molar-refractivity contribution is 6.01. The summed E-state index contributed by atoms with van der Waals surface area (Å²) in [5.74, 6) is -2.38. The summed E-state index contributed by atoms with van der Waals surface area (Å²) in [5, 5.41) is 0. The molecule has 2 unspecified atom stereocenters. The zero-order chi connectivity index (χ0) is 25.4. The second-order valence-corrected chi connectivity index (χ2v) is 8.55. The van der Waals surface area contributed by atoms with E-state index in [1.54, 1.807) is 30.3 Å². The maximum absolute atomic E-state index is 13.6. The first-order chi connectivity index (χ1) is 16.5. The van der Waals surface area contributed by atoms with Gasteiger partial charge in [-0.05, 0) is 30.5 Å². The third-order valence-electron chi connectivity index (χ3n) is 6.23. The highest BCUT2D eigenvalue weighted by atomic mass is 19.4. The molecular formula is C24H21F6NO4. The lowest BCUT2D eigenvalue weighted by molar-refractivity contribution is -0.143. The van der Waals surface area contributed by atoms with Crippen LogP contribution in [0.25, 0.3) is 0 Å². The van der Waals surface area contributed by atoms with Gasteiger partial charge in [0.15, 0.2) is 5.78 Å². The standard InChI is InChI=1S/C24H21F6NO4/c25-23(26,27)18-7-4-8-19(24(28,29)30)20(18)21(32)15-9-16-12-34-13-17(10-15)31(16)22(33)35-11-14-5-2-1-3-6-14/h1-8,15-17H,9-13H2. The third kappa shape index (κ3) is 5.29. The number of benzene rings is 2. The first-order valence-corrected chi connectivity index (χ1v) is 10.8. The van der Waals surface area contributed by atoms with Crippen LogP contribution in [0.4, 0.5) is 31.1 Å². The molecule has 188 valence electrons. The minimum atomic E-state index is -5.15. The quantitative estimate of drug-likeness (QED) is 0.397. The van der Waals surface area contributed by atoms with Crippen LogP contribution in [0, 0.1) is 5.92 Å². The molecule has 5 nitrogen and oxygen atoms in total.